The van der Waals surface area contributed by atoms with Crippen LogP contribution >= 0.6 is 27.2 Å². The Morgan fingerprint density at radius 2 is 0.739 bits per heavy atom. The Labute approximate surface area is 152 Å². The monoisotopic (exact) mass is 372 g/mol. The van der Waals surface area contributed by atoms with E-state index in [0.717, 1.165) is 0 Å². The lowest BCUT2D eigenvalue weighted by Gasteiger charge is -2.42. The second kappa shape index (κ2) is 6.70. The molecule has 0 saturated carbocycles. The van der Waals surface area contributed by atoms with Crippen molar-refractivity contribution >= 4 is 36.4 Å². The summed E-state index contributed by atoms with van der Waals surface area (Å²) in [6, 6.07) is 4.91. The molecule has 0 aromatic carbocycles. The molecule has 0 amide bonds. The quantitative estimate of drug-likeness (QED) is 0.483. The lowest BCUT2D eigenvalue weighted by molar-refractivity contribution is 0.715. The van der Waals surface area contributed by atoms with Crippen LogP contribution in [0.5, 0.6) is 0 Å². The Balaban J connectivity index is 3.37. The number of hydrogen-bond acceptors (Lipinski definition) is 1. The summed E-state index contributed by atoms with van der Waals surface area (Å²) in [6.45, 7) is 29.0. The largest absolute Gasteiger partial charge is 0.136 e. The van der Waals surface area contributed by atoms with Crippen molar-refractivity contribution < 1.29 is 0 Å². The maximum absolute atomic E-state index is 2.45. The zero-order valence-corrected chi connectivity index (χ0v) is 20.1. The molecule has 0 N–H and O–H groups in total. The van der Waals surface area contributed by atoms with Gasteiger partial charge in [-0.15, -0.1) is 11.3 Å². The summed E-state index contributed by atoms with van der Waals surface area (Å²) in [6.07, 6.45) is 0. The molecule has 0 nitrogen and oxygen atoms in total. The van der Waals surface area contributed by atoms with Crippen molar-refractivity contribution in [3.63, 3.8) is 0 Å². The Morgan fingerprint density at radius 3 is 0.913 bits per heavy atom. The fourth-order valence-corrected chi connectivity index (χ4v) is 16.3. The van der Waals surface area contributed by atoms with Gasteiger partial charge in [-0.25, -0.2) is 0 Å². The molecule has 0 saturated heterocycles. The van der Waals surface area contributed by atoms with Gasteiger partial charge in [-0.2, -0.15) is 0 Å². The van der Waals surface area contributed by atoms with E-state index in [-0.39, 0.29) is 15.8 Å². The van der Waals surface area contributed by atoms with E-state index in [2.05, 4.69) is 107 Å². The highest BCUT2D eigenvalue weighted by molar-refractivity contribution is 7.80. The minimum absolute atomic E-state index is 0.185. The van der Waals surface area contributed by atoms with Crippen molar-refractivity contribution in [3.05, 3.63) is 12.1 Å². The molecule has 0 unspecified atom stereocenters. The van der Waals surface area contributed by atoms with Gasteiger partial charge in [-0.05, 0) is 32.8 Å². The van der Waals surface area contributed by atoms with Crippen molar-refractivity contribution in [1.82, 2.24) is 0 Å². The maximum Gasteiger partial charge on any atom is 0.0295 e. The molecule has 0 atom stereocenters. The zero-order valence-electron chi connectivity index (χ0n) is 17.5. The first-order valence-electron chi connectivity index (χ1n) is 8.66. The summed E-state index contributed by atoms with van der Waals surface area (Å²) >= 11 is 2.11. The van der Waals surface area contributed by atoms with Crippen LogP contribution in [0.3, 0.4) is 0 Å². The molecule has 0 spiro atoms. The summed E-state index contributed by atoms with van der Waals surface area (Å²) in [5, 5.41) is 1.40. The molecule has 1 aromatic rings. The molecule has 3 heteroatoms. The van der Waals surface area contributed by atoms with Crippen molar-refractivity contribution in [2.24, 2.45) is 0 Å². The van der Waals surface area contributed by atoms with Crippen LogP contribution < -0.4 is 9.24 Å². The molecule has 0 aliphatic heterocycles. The zero-order chi connectivity index (χ0) is 18.4. The van der Waals surface area contributed by atoms with Gasteiger partial charge in [0.05, 0.1) is 0 Å². The van der Waals surface area contributed by atoms with E-state index in [0.29, 0.717) is 20.6 Å². The molecule has 134 valence electrons. The highest BCUT2D eigenvalue weighted by Crippen LogP contribution is 2.62. The van der Waals surface area contributed by atoms with Gasteiger partial charge < -0.3 is 0 Å². The van der Waals surface area contributed by atoms with Gasteiger partial charge in [0.1, 0.15) is 0 Å². The molecule has 23 heavy (non-hydrogen) atoms. The van der Waals surface area contributed by atoms with Crippen molar-refractivity contribution in [1.29, 1.82) is 0 Å². The summed E-state index contributed by atoms with van der Waals surface area (Å²) < 4.78 is 3.27. The smallest absolute Gasteiger partial charge is 0.0295 e. The van der Waals surface area contributed by atoms with Gasteiger partial charge in [0.15, 0.2) is 0 Å². The molecule has 1 heterocycles. The standard InChI is InChI=1S/C20H38P2S/c1-17(2,3)21(18(4,5)6)15-13-14-16(23-15)22(19(7,8)9)20(10,11)12/h13-14H,1-12H3. The first-order chi connectivity index (χ1) is 9.95. The van der Waals surface area contributed by atoms with E-state index in [1.807, 2.05) is 0 Å². The number of thiophene rings is 1. The SMILES string of the molecule is CC(C)(C)P(c1ccc(P(C(C)(C)C)C(C)(C)C)s1)C(C)(C)C. The highest BCUT2D eigenvalue weighted by Gasteiger charge is 2.40. The molecular weight excluding hydrogens is 334 g/mol. The molecule has 0 aliphatic carbocycles. The first kappa shape index (κ1) is 21.6. The molecule has 1 aromatic heterocycles. The van der Waals surface area contributed by atoms with E-state index in [4.69, 9.17) is 0 Å². The van der Waals surface area contributed by atoms with E-state index in [9.17, 15) is 0 Å². The third kappa shape index (κ3) is 5.52. The van der Waals surface area contributed by atoms with E-state index >= 15 is 0 Å². The van der Waals surface area contributed by atoms with E-state index in [1.54, 1.807) is 9.24 Å². The van der Waals surface area contributed by atoms with Gasteiger partial charge in [0.2, 0.25) is 0 Å². The second-order valence-corrected chi connectivity index (χ2v) is 19.8. The van der Waals surface area contributed by atoms with Gasteiger partial charge in [-0.3, -0.25) is 0 Å². The van der Waals surface area contributed by atoms with Crippen LogP contribution in [0.25, 0.3) is 0 Å². The Bertz CT molecular complexity index is 441. The highest BCUT2D eigenvalue weighted by atomic mass is 32.1. The van der Waals surface area contributed by atoms with Crippen LogP contribution in [0.1, 0.15) is 83.1 Å². The lowest BCUT2D eigenvalue weighted by Crippen LogP contribution is -2.31. The van der Waals surface area contributed by atoms with Crippen LogP contribution in [0, 0.1) is 0 Å². The van der Waals surface area contributed by atoms with Gasteiger partial charge in [0, 0.05) is 9.24 Å². The second-order valence-electron chi connectivity index (χ2n) is 10.5. The fourth-order valence-electron chi connectivity index (χ4n) is 3.89. The van der Waals surface area contributed by atoms with Crippen LogP contribution in [0.2, 0.25) is 0 Å². The summed E-state index contributed by atoms with van der Waals surface area (Å²) in [5.74, 6) is 0. The fraction of sp³-hybridized carbons (Fsp3) is 0.800. The third-order valence-corrected chi connectivity index (χ3v) is 12.6. The van der Waals surface area contributed by atoms with Crippen molar-refractivity contribution in [2.75, 3.05) is 0 Å². The average Bonchev–Trinajstić information content (AvgIpc) is 2.55. The predicted octanol–water partition coefficient (Wildman–Crippen LogP) is 7.16. The molecule has 0 aliphatic rings. The average molecular weight is 373 g/mol. The van der Waals surface area contributed by atoms with Crippen molar-refractivity contribution in [3.8, 4) is 0 Å². The number of rotatable bonds is 2. The number of hydrogen-bond donors (Lipinski definition) is 0. The minimum atomic E-state index is -0.185. The molecule has 0 fully saturated rings. The summed E-state index contributed by atoms with van der Waals surface area (Å²) in [4.78, 5) is 0. The third-order valence-electron chi connectivity index (χ3n) is 3.70. The van der Waals surface area contributed by atoms with Crippen LogP contribution in [-0.4, -0.2) is 20.6 Å². The topological polar surface area (TPSA) is 0 Å². The Morgan fingerprint density at radius 1 is 0.522 bits per heavy atom. The van der Waals surface area contributed by atoms with Crippen LogP contribution in [-0.2, 0) is 0 Å². The molecule has 1 rings (SSSR count). The molecule has 0 bridgehead atoms. The predicted molar refractivity (Wildman–Crippen MR) is 116 cm³/mol. The van der Waals surface area contributed by atoms with Crippen LogP contribution in [0.4, 0.5) is 0 Å². The minimum Gasteiger partial charge on any atom is -0.136 e. The Kier molecular flexibility index (Phi) is 6.29. The van der Waals surface area contributed by atoms with Gasteiger partial charge in [-0.1, -0.05) is 98.9 Å². The molecule has 0 radical (unpaired) electrons. The summed E-state index contributed by atoms with van der Waals surface area (Å²) in [5.41, 5.74) is 0. The molecular formula is C20H38P2S. The summed E-state index contributed by atoms with van der Waals surface area (Å²) in [7, 11) is -0.369. The van der Waals surface area contributed by atoms with Crippen molar-refractivity contribution in [2.45, 2.75) is 104 Å². The normalized spacial score (nSPS) is 14.9. The van der Waals surface area contributed by atoms with E-state index < -0.39 is 0 Å². The Hall–Kier alpha value is 0.560. The van der Waals surface area contributed by atoms with Gasteiger partial charge in [0.25, 0.3) is 0 Å². The maximum atomic E-state index is 2.45. The van der Waals surface area contributed by atoms with Gasteiger partial charge >= 0.3 is 0 Å². The van der Waals surface area contributed by atoms with E-state index in [1.165, 1.54) is 0 Å². The first-order valence-corrected chi connectivity index (χ1v) is 12.2. The lowest BCUT2D eigenvalue weighted by atomic mass is 10.2. The van der Waals surface area contributed by atoms with Crippen LogP contribution in [0.15, 0.2) is 12.1 Å².